The molecule has 0 aromatic heterocycles. The van der Waals surface area contributed by atoms with Crippen LogP contribution in [-0.4, -0.2) is 38.7 Å². The molecule has 1 unspecified atom stereocenters. The van der Waals surface area contributed by atoms with Crippen LogP contribution in [0.5, 0.6) is 11.5 Å². The maximum absolute atomic E-state index is 12.1. The SMILES string of the molecule is COc1ccc(OC)c(NC(=O)NC2CCNC(=O)CC2)c1. The van der Waals surface area contributed by atoms with E-state index in [1.807, 2.05) is 0 Å². The molecule has 1 fully saturated rings. The summed E-state index contributed by atoms with van der Waals surface area (Å²) in [7, 11) is 3.09. The molecule has 1 atom stereocenters. The average Bonchev–Trinajstić information content (AvgIpc) is 2.71. The van der Waals surface area contributed by atoms with Gasteiger partial charge >= 0.3 is 6.03 Å². The molecule has 0 saturated carbocycles. The molecule has 7 nitrogen and oxygen atoms in total. The Morgan fingerprint density at radius 2 is 2.09 bits per heavy atom. The lowest BCUT2D eigenvalue weighted by molar-refractivity contribution is -0.120. The summed E-state index contributed by atoms with van der Waals surface area (Å²) in [5, 5.41) is 8.42. The molecular weight excluding hydrogens is 286 g/mol. The summed E-state index contributed by atoms with van der Waals surface area (Å²) in [4.78, 5) is 23.4. The van der Waals surface area contributed by atoms with Crippen molar-refractivity contribution in [1.29, 1.82) is 0 Å². The molecule has 22 heavy (non-hydrogen) atoms. The maximum atomic E-state index is 12.1. The lowest BCUT2D eigenvalue weighted by atomic mass is 10.1. The van der Waals surface area contributed by atoms with Crippen LogP contribution in [0.2, 0.25) is 0 Å². The predicted molar refractivity (Wildman–Crippen MR) is 82.3 cm³/mol. The number of ether oxygens (including phenoxy) is 2. The molecule has 120 valence electrons. The Morgan fingerprint density at radius 3 is 2.82 bits per heavy atom. The number of hydrogen-bond acceptors (Lipinski definition) is 4. The Hall–Kier alpha value is -2.44. The summed E-state index contributed by atoms with van der Waals surface area (Å²) in [5.74, 6) is 1.20. The zero-order chi connectivity index (χ0) is 15.9. The van der Waals surface area contributed by atoms with Crippen LogP contribution in [0.25, 0.3) is 0 Å². The lowest BCUT2D eigenvalue weighted by Gasteiger charge is -2.17. The van der Waals surface area contributed by atoms with E-state index >= 15 is 0 Å². The number of hydrogen-bond donors (Lipinski definition) is 3. The summed E-state index contributed by atoms with van der Waals surface area (Å²) in [6.07, 6.45) is 1.77. The van der Waals surface area contributed by atoms with Crippen molar-refractivity contribution in [2.24, 2.45) is 0 Å². The van der Waals surface area contributed by atoms with Crippen molar-refractivity contribution >= 4 is 17.6 Å². The molecule has 1 saturated heterocycles. The molecule has 0 aliphatic carbocycles. The van der Waals surface area contributed by atoms with Crippen molar-refractivity contribution in [2.45, 2.75) is 25.3 Å². The number of urea groups is 1. The minimum atomic E-state index is -0.328. The summed E-state index contributed by atoms with van der Waals surface area (Å²) >= 11 is 0. The smallest absolute Gasteiger partial charge is 0.319 e. The third-order valence-electron chi connectivity index (χ3n) is 3.52. The Kier molecular flexibility index (Phi) is 5.46. The highest BCUT2D eigenvalue weighted by molar-refractivity contribution is 5.91. The quantitative estimate of drug-likeness (QED) is 0.786. The molecule has 1 aliphatic heterocycles. The maximum Gasteiger partial charge on any atom is 0.319 e. The van der Waals surface area contributed by atoms with E-state index < -0.39 is 0 Å². The van der Waals surface area contributed by atoms with Crippen molar-refractivity contribution in [2.75, 3.05) is 26.1 Å². The number of carbonyl (C=O) groups excluding carboxylic acids is 2. The number of benzene rings is 1. The second-order valence-electron chi connectivity index (χ2n) is 5.04. The van der Waals surface area contributed by atoms with Crippen LogP contribution < -0.4 is 25.4 Å². The van der Waals surface area contributed by atoms with Gasteiger partial charge in [-0.05, 0) is 25.0 Å². The third kappa shape index (κ3) is 4.28. The van der Waals surface area contributed by atoms with Gasteiger partial charge in [0.15, 0.2) is 0 Å². The number of carbonyl (C=O) groups is 2. The number of methoxy groups -OCH3 is 2. The first-order chi connectivity index (χ1) is 10.6. The second-order valence-corrected chi connectivity index (χ2v) is 5.04. The zero-order valence-electron chi connectivity index (χ0n) is 12.8. The fourth-order valence-corrected chi connectivity index (χ4v) is 2.32. The van der Waals surface area contributed by atoms with Gasteiger partial charge in [0.25, 0.3) is 0 Å². The molecule has 0 spiro atoms. The molecule has 1 aromatic carbocycles. The minimum Gasteiger partial charge on any atom is -0.497 e. The van der Waals surface area contributed by atoms with Crippen LogP contribution in [0, 0.1) is 0 Å². The Balaban J connectivity index is 1.97. The van der Waals surface area contributed by atoms with Gasteiger partial charge in [-0.1, -0.05) is 0 Å². The highest BCUT2D eigenvalue weighted by Gasteiger charge is 2.18. The summed E-state index contributed by atoms with van der Waals surface area (Å²) < 4.78 is 10.4. The Morgan fingerprint density at radius 1 is 1.27 bits per heavy atom. The van der Waals surface area contributed by atoms with Crippen LogP contribution >= 0.6 is 0 Å². The average molecular weight is 307 g/mol. The van der Waals surface area contributed by atoms with E-state index in [-0.39, 0.29) is 18.0 Å². The van der Waals surface area contributed by atoms with Gasteiger partial charge in [0, 0.05) is 25.1 Å². The molecule has 1 aromatic rings. The van der Waals surface area contributed by atoms with Gasteiger partial charge in [0.1, 0.15) is 11.5 Å². The molecule has 1 aliphatic rings. The lowest BCUT2D eigenvalue weighted by Crippen LogP contribution is -2.38. The van der Waals surface area contributed by atoms with E-state index in [4.69, 9.17) is 9.47 Å². The van der Waals surface area contributed by atoms with E-state index in [1.54, 1.807) is 25.3 Å². The van der Waals surface area contributed by atoms with Crippen LogP contribution in [0.4, 0.5) is 10.5 Å². The van der Waals surface area contributed by atoms with E-state index in [9.17, 15) is 9.59 Å². The summed E-state index contributed by atoms with van der Waals surface area (Å²) in [6.45, 7) is 0.576. The molecule has 0 bridgehead atoms. The second kappa shape index (κ2) is 7.53. The molecule has 1 heterocycles. The third-order valence-corrected chi connectivity index (χ3v) is 3.52. The first-order valence-electron chi connectivity index (χ1n) is 7.18. The van der Waals surface area contributed by atoms with Crippen molar-refractivity contribution in [1.82, 2.24) is 10.6 Å². The molecule has 2 rings (SSSR count). The predicted octanol–water partition coefficient (Wildman–Crippen LogP) is 1.49. The minimum absolute atomic E-state index is 0.0270. The summed E-state index contributed by atoms with van der Waals surface area (Å²) in [5.41, 5.74) is 0.530. The van der Waals surface area contributed by atoms with Crippen molar-refractivity contribution in [3.8, 4) is 11.5 Å². The van der Waals surface area contributed by atoms with Gasteiger partial charge in [-0.2, -0.15) is 0 Å². The van der Waals surface area contributed by atoms with Crippen LogP contribution in [0.15, 0.2) is 18.2 Å². The standard InChI is InChI=1S/C15H21N3O4/c1-21-11-4-5-13(22-2)12(9-11)18-15(20)17-10-3-6-14(19)16-8-7-10/h4-5,9-10H,3,6-8H2,1-2H3,(H,16,19)(H2,17,18,20). The van der Waals surface area contributed by atoms with Gasteiger partial charge in [-0.3, -0.25) is 4.79 Å². The van der Waals surface area contributed by atoms with Crippen LogP contribution in [0.3, 0.4) is 0 Å². The van der Waals surface area contributed by atoms with Gasteiger partial charge in [-0.15, -0.1) is 0 Å². The normalized spacial score (nSPS) is 17.9. The van der Waals surface area contributed by atoms with E-state index in [0.717, 1.165) is 0 Å². The van der Waals surface area contributed by atoms with Crippen LogP contribution in [-0.2, 0) is 4.79 Å². The molecule has 3 N–H and O–H groups in total. The summed E-state index contributed by atoms with van der Waals surface area (Å²) in [6, 6.07) is 4.81. The van der Waals surface area contributed by atoms with Crippen molar-refractivity contribution < 1.29 is 19.1 Å². The number of nitrogens with one attached hydrogen (secondary N) is 3. The molecular formula is C15H21N3O4. The largest absolute Gasteiger partial charge is 0.497 e. The monoisotopic (exact) mass is 307 g/mol. The zero-order valence-corrected chi connectivity index (χ0v) is 12.8. The first-order valence-corrected chi connectivity index (χ1v) is 7.18. The van der Waals surface area contributed by atoms with Gasteiger partial charge in [-0.25, -0.2) is 4.79 Å². The highest BCUT2D eigenvalue weighted by atomic mass is 16.5. The van der Waals surface area contributed by atoms with Crippen molar-refractivity contribution in [3.63, 3.8) is 0 Å². The molecule has 7 heteroatoms. The number of anilines is 1. The van der Waals surface area contributed by atoms with E-state index in [0.29, 0.717) is 43.0 Å². The van der Waals surface area contributed by atoms with E-state index in [2.05, 4.69) is 16.0 Å². The first kappa shape index (κ1) is 15.9. The Bertz CT molecular complexity index is 548. The highest BCUT2D eigenvalue weighted by Crippen LogP contribution is 2.28. The van der Waals surface area contributed by atoms with Gasteiger partial charge < -0.3 is 25.4 Å². The number of rotatable bonds is 4. The van der Waals surface area contributed by atoms with E-state index in [1.165, 1.54) is 7.11 Å². The van der Waals surface area contributed by atoms with Crippen LogP contribution in [0.1, 0.15) is 19.3 Å². The number of amides is 3. The fraction of sp³-hybridized carbons (Fsp3) is 0.467. The Labute approximate surface area is 129 Å². The van der Waals surface area contributed by atoms with Gasteiger partial charge in [0.2, 0.25) is 5.91 Å². The van der Waals surface area contributed by atoms with Crippen molar-refractivity contribution in [3.05, 3.63) is 18.2 Å². The fourth-order valence-electron chi connectivity index (χ4n) is 2.32. The topological polar surface area (TPSA) is 88.7 Å². The molecule has 0 radical (unpaired) electrons. The molecule has 3 amide bonds. The van der Waals surface area contributed by atoms with Gasteiger partial charge in [0.05, 0.1) is 19.9 Å².